The molecule has 1 rings (SSSR count). The van der Waals surface area contributed by atoms with Gasteiger partial charge in [0.05, 0.1) is 35.6 Å². The molecule has 1 heterocycles. The number of rotatable bonds is 9. The Morgan fingerprint density at radius 3 is 2.74 bits per heavy atom. The Kier molecular flexibility index (Phi) is 7.64. The van der Waals surface area contributed by atoms with Gasteiger partial charge < -0.3 is 10.1 Å². The Bertz CT molecular complexity index is 366. The Balaban J connectivity index is 2.83. The lowest BCUT2D eigenvalue weighted by Gasteiger charge is -2.21. The number of ether oxygens (including phenoxy) is 1. The third kappa shape index (κ3) is 5.24. The molecule has 0 spiro atoms. The summed E-state index contributed by atoms with van der Waals surface area (Å²) >= 11 is 3.62. The summed E-state index contributed by atoms with van der Waals surface area (Å²) in [5.41, 5.74) is 1.24. The lowest BCUT2D eigenvalue weighted by Crippen LogP contribution is -2.25. The smallest absolute Gasteiger partial charge is 0.0696 e. The summed E-state index contributed by atoms with van der Waals surface area (Å²) in [4.78, 5) is 0. The second-order valence-electron chi connectivity index (χ2n) is 5.18. The van der Waals surface area contributed by atoms with Crippen molar-refractivity contribution in [2.75, 3.05) is 20.3 Å². The van der Waals surface area contributed by atoms with E-state index in [4.69, 9.17) is 4.74 Å². The number of nitrogens with zero attached hydrogens (tertiary/aromatic N) is 2. The fourth-order valence-corrected chi connectivity index (χ4v) is 2.73. The molecule has 19 heavy (non-hydrogen) atoms. The largest absolute Gasteiger partial charge is 0.383 e. The van der Waals surface area contributed by atoms with E-state index in [0.717, 1.165) is 29.9 Å². The van der Waals surface area contributed by atoms with Gasteiger partial charge in [0.2, 0.25) is 0 Å². The van der Waals surface area contributed by atoms with Crippen molar-refractivity contribution in [2.45, 2.75) is 46.2 Å². The van der Waals surface area contributed by atoms with Crippen LogP contribution in [0, 0.1) is 5.92 Å². The molecule has 110 valence electrons. The minimum absolute atomic E-state index is 0.348. The van der Waals surface area contributed by atoms with Gasteiger partial charge in [-0.1, -0.05) is 20.8 Å². The van der Waals surface area contributed by atoms with Crippen LogP contribution in [0.4, 0.5) is 0 Å². The molecule has 1 aromatic rings. The highest BCUT2D eigenvalue weighted by Crippen LogP contribution is 2.27. The molecule has 1 N–H and O–H groups in total. The normalized spacial score (nSPS) is 13.2. The van der Waals surface area contributed by atoms with Crippen molar-refractivity contribution in [1.82, 2.24) is 15.1 Å². The van der Waals surface area contributed by atoms with Crippen LogP contribution in [-0.4, -0.2) is 30.0 Å². The molecule has 0 aliphatic rings. The highest BCUT2D eigenvalue weighted by molar-refractivity contribution is 9.10. The highest BCUT2D eigenvalue weighted by atomic mass is 79.9. The van der Waals surface area contributed by atoms with E-state index in [1.165, 1.54) is 12.1 Å². The zero-order valence-corrected chi connectivity index (χ0v) is 14.0. The van der Waals surface area contributed by atoms with Gasteiger partial charge >= 0.3 is 0 Å². The lowest BCUT2D eigenvalue weighted by molar-refractivity contribution is 0.181. The molecule has 4 nitrogen and oxygen atoms in total. The lowest BCUT2D eigenvalue weighted by atomic mass is 10.0. The van der Waals surface area contributed by atoms with Crippen molar-refractivity contribution in [2.24, 2.45) is 5.92 Å². The first-order valence-corrected chi connectivity index (χ1v) is 7.82. The quantitative estimate of drug-likeness (QED) is 0.753. The van der Waals surface area contributed by atoms with Crippen LogP contribution in [0.2, 0.25) is 0 Å². The summed E-state index contributed by atoms with van der Waals surface area (Å²) in [6.45, 7) is 9.11. The predicted molar refractivity (Wildman–Crippen MR) is 82.3 cm³/mol. The van der Waals surface area contributed by atoms with E-state index in [-0.39, 0.29) is 0 Å². The molecule has 1 aromatic heterocycles. The SMILES string of the molecule is CCNC(CCC(C)C)c1c(Br)cnn1CCOC. The van der Waals surface area contributed by atoms with Gasteiger partial charge in [0, 0.05) is 7.11 Å². The first-order valence-electron chi connectivity index (χ1n) is 7.03. The number of aromatic nitrogens is 2. The second-order valence-corrected chi connectivity index (χ2v) is 6.03. The van der Waals surface area contributed by atoms with Crippen LogP contribution >= 0.6 is 15.9 Å². The van der Waals surface area contributed by atoms with Crippen LogP contribution in [0.1, 0.15) is 45.3 Å². The van der Waals surface area contributed by atoms with Gasteiger partial charge in [-0.25, -0.2) is 0 Å². The molecule has 0 aromatic carbocycles. The van der Waals surface area contributed by atoms with Gasteiger partial charge in [0.1, 0.15) is 0 Å². The number of methoxy groups -OCH3 is 1. The van der Waals surface area contributed by atoms with Crippen LogP contribution < -0.4 is 5.32 Å². The third-order valence-electron chi connectivity index (χ3n) is 3.15. The van der Waals surface area contributed by atoms with Crippen molar-refractivity contribution < 1.29 is 4.74 Å². The predicted octanol–water partition coefficient (Wildman–Crippen LogP) is 3.38. The molecule has 1 atom stereocenters. The standard InChI is InChI=1S/C14H26BrN3O/c1-5-16-13(7-6-11(2)3)14-12(15)10-17-18(14)8-9-19-4/h10-11,13,16H,5-9H2,1-4H3. The second kappa shape index (κ2) is 8.72. The summed E-state index contributed by atoms with van der Waals surface area (Å²) in [6, 6.07) is 0.348. The number of hydrogen-bond acceptors (Lipinski definition) is 3. The maximum atomic E-state index is 5.15. The summed E-state index contributed by atoms with van der Waals surface area (Å²) in [5.74, 6) is 0.718. The van der Waals surface area contributed by atoms with Crippen LogP contribution in [0.3, 0.4) is 0 Å². The Hall–Kier alpha value is -0.390. The Labute approximate surface area is 125 Å². The van der Waals surface area contributed by atoms with E-state index in [9.17, 15) is 0 Å². The summed E-state index contributed by atoms with van der Waals surface area (Å²) < 4.78 is 8.28. The van der Waals surface area contributed by atoms with Gasteiger partial charge in [-0.05, 0) is 41.2 Å². The molecule has 5 heteroatoms. The molecule has 0 bridgehead atoms. The average molecular weight is 332 g/mol. The highest BCUT2D eigenvalue weighted by Gasteiger charge is 2.19. The van der Waals surface area contributed by atoms with Crippen molar-refractivity contribution in [3.63, 3.8) is 0 Å². The Morgan fingerprint density at radius 1 is 1.42 bits per heavy atom. The van der Waals surface area contributed by atoms with Crippen LogP contribution in [-0.2, 0) is 11.3 Å². The number of halogens is 1. The zero-order chi connectivity index (χ0) is 14.3. The van der Waals surface area contributed by atoms with Crippen LogP contribution in [0.25, 0.3) is 0 Å². The van der Waals surface area contributed by atoms with Crippen molar-refractivity contribution in [1.29, 1.82) is 0 Å². The fourth-order valence-electron chi connectivity index (χ4n) is 2.16. The number of nitrogens with one attached hydrogen (secondary N) is 1. The molecule has 0 saturated heterocycles. The third-order valence-corrected chi connectivity index (χ3v) is 3.76. The number of hydrogen-bond donors (Lipinski definition) is 1. The van der Waals surface area contributed by atoms with Crippen molar-refractivity contribution in [3.05, 3.63) is 16.4 Å². The molecule has 0 fully saturated rings. The summed E-state index contributed by atoms with van der Waals surface area (Å²) in [5, 5.41) is 8.00. The summed E-state index contributed by atoms with van der Waals surface area (Å²) in [7, 11) is 1.72. The average Bonchev–Trinajstić information content (AvgIpc) is 2.73. The molecule has 0 aliphatic carbocycles. The van der Waals surface area contributed by atoms with Gasteiger partial charge in [0.15, 0.2) is 0 Å². The first kappa shape index (κ1) is 16.7. The maximum absolute atomic E-state index is 5.15. The fraction of sp³-hybridized carbons (Fsp3) is 0.786. The zero-order valence-electron chi connectivity index (χ0n) is 12.4. The van der Waals surface area contributed by atoms with Gasteiger partial charge in [-0.2, -0.15) is 5.10 Å². The minimum atomic E-state index is 0.348. The molecule has 0 aliphatic heterocycles. The Morgan fingerprint density at radius 2 is 2.16 bits per heavy atom. The summed E-state index contributed by atoms with van der Waals surface area (Å²) in [6.07, 6.45) is 4.22. The minimum Gasteiger partial charge on any atom is -0.383 e. The molecule has 0 amide bonds. The van der Waals surface area contributed by atoms with Gasteiger partial charge in [-0.15, -0.1) is 0 Å². The van der Waals surface area contributed by atoms with Crippen molar-refractivity contribution >= 4 is 15.9 Å². The monoisotopic (exact) mass is 331 g/mol. The van der Waals surface area contributed by atoms with E-state index < -0.39 is 0 Å². The molecule has 1 unspecified atom stereocenters. The van der Waals surface area contributed by atoms with Crippen molar-refractivity contribution in [3.8, 4) is 0 Å². The van der Waals surface area contributed by atoms with Crippen LogP contribution in [0.5, 0.6) is 0 Å². The molecule has 0 radical (unpaired) electrons. The first-order chi connectivity index (χ1) is 9.10. The van der Waals surface area contributed by atoms with E-state index in [0.29, 0.717) is 12.6 Å². The molecular formula is C14H26BrN3O. The van der Waals surface area contributed by atoms with E-state index in [1.54, 1.807) is 7.11 Å². The van der Waals surface area contributed by atoms with Crippen LogP contribution in [0.15, 0.2) is 10.7 Å². The van der Waals surface area contributed by atoms with E-state index >= 15 is 0 Å². The topological polar surface area (TPSA) is 39.1 Å². The van der Waals surface area contributed by atoms with E-state index in [2.05, 4.69) is 47.1 Å². The van der Waals surface area contributed by atoms with Gasteiger partial charge in [-0.3, -0.25) is 4.68 Å². The molecular weight excluding hydrogens is 306 g/mol. The molecule has 0 saturated carbocycles. The maximum Gasteiger partial charge on any atom is 0.0696 e. The van der Waals surface area contributed by atoms with E-state index in [1.807, 2.05) is 10.9 Å². The van der Waals surface area contributed by atoms with Gasteiger partial charge in [0.25, 0.3) is 0 Å².